The molecule has 0 saturated heterocycles. The average Bonchev–Trinajstić information content (AvgIpc) is 1.65. The molecule has 9 heavy (non-hydrogen) atoms. The standard InChI is InChI=1S/C4H6F2O3/c1-9-2-4(5,6)3(7)8/h2H2,1H3,(H,7,8). The second-order valence-corrected chi connectivity index (χ2v) is 1.44. The molecule has 1 N–H and O–H groups in total. The van der Waals surface area contributed by atoms with Crippen molar-refractivity contribution < 1.29 is 23.4 Å². The monoisotopic (exact) mass is 140 g/mol. The highest BCUT2D eigenvalue weighted by molar-refractivity contribution is 5.75. The Bertz CT molecular complexity index is 112. The third-order valence-corrected chi connectivity index (χ3v) is 0.639. The van der Waals surface area contributed by atoms with Gasteiger partial charge in [0.2, 0.25) is 0 Å². The number of carbonyl (C=O) groups is 1. The first kappa shape index (κ1) is 8.29. The maximum Gasteiger partial charge on any atom is 0.377 e. The van der Waals surface area contributed by atoms with Crippen LogP contribution in [0.25, 0.3) is 0 Å². The summed E-state index contributed by atoms with van der Waals surface area (Å²) >= 11 is 0. The fourth-order valence-electron chi connectivity index (χ4n) is 0.243. The van der Waals surface area contributed by atoms with Crippen LogP contribution in [-0.2, 0) is 9.53 Å². The Morgan fingerprint density at radius 2 is 2.22 bits per heavy atom. The molecular formula is C4H6F2O3. The zero-order valence-electron chi connectivity index (χ0n) is 4.73. The zero-order chi connectivity index (χ0) is 7.49. The van der Waals surface area contributed by atoms with Crippen LogP contribution in [0.1, 0.15) is 0 Å². The van der Waals surface area contributed by atoms with Gasteiger partial charge in [-0.05, 0) is 0 Å². The SMILES string of the molecule is COCC(F)(F)C(=O)O. The van der Waals surface area contributed by atoms with Gasteiger partial charge in [0.05, 0.1) is 0 Å². The van der Waals surface area contributed by atoms with E-state index in [1.807, 2.05) is 0 Å². The van der Waals surface area contributed by atoms with Crippen LogP contribution in [0.15, 0.2) is 0 Å². The highest BCUT2D eigenvalue weighted by atomic mass is 19.3. The number of methoxy groups -OCH3 is 1. The van der Waals surface area contributed by atoms with E-state index in [0.29, 0.717) is 0 Å². The van der Waals surface area contributed by atoms with Crippen molar-refractivity contribution in [3.63, 3.8) is 0 Å². The summed E-state index contributed by atoms with van der Waals surface area (Å²) in [6.45, 7) is -1.08. The second kappa shape index (κ2) is 2.72. The number of hydrogen-bond acceptors (Lipinski definition) is 2. The van der Waals surface area contributed by atoms with Crippen molar-refractivity contribution >= 4 is 5.97 Å². The third kappa shape index (κ3) is 2.36. The van der Waals surface area contributed by atoms with E-state index in [9.17, 15) is 13.6 Å². The van der Waals surface area contributed by atoms with Crippen LogP contribution < -0.4 is 0 Å². The van der Waals surface area contributed by atoms with Crippen LogP contribution >= 0.6 is 0 Å². The minimum Gasteiger partial charge on any atom is -0.477 e. The van der Waals surface area contributed by atoms with Gasteiger partial charge in [-0.25, -0.2) is 4.79 Å². The first-order valence-corrected chi connectivity index (χ1v) is 2.11. The molecule has 0 unspecified atom stereocenters. The Labute approximate surface area is 50.2 Å². The van der Waals surface area contributed by atoms with Crippen LogP contribution in [0, 0.1) is 0 Å². The van der Waals surface area contributed by atoms with Gasteiger partial charge in [0.15, 0.2) is 0 Å². The summed E-state index contributed by atoms with van der Waals surface area (Å²) in [6.07, 6.45) is 0. The molecule has 0 atom stereocenters. The van der Waals surface area contributed by atoms with E-state index in [0.717, 1.165) is 7.11 Å². The number of halogens is 2. The molecule has 0 bridgehead atoms. The number of aliphatic carboxylic acids is 1. The van der Waals surface area contributed by atoms with Crippen molar-refractivity contribution in [1.82, 2.24) is 0 Å². The minimum absolute atomic E-state index is 1.01. The highest BCUT2D eigenvalue weighted by Gasteiger charge is 2.38. The summed E-state index contributed by atoms with van der Waals surface area (Å²) in [5.74, 6) is -5.92. The Kier molecular flexibility index (Phi) is 2.51. The van der Waals surface area contributed by atoms with E-state index in [2.05, 4.69) is 4.74 Å². The molecule has 0 aliphatic heterocycles. The van der Waals surface area contributed by atoms with Gasteiger partial charge in [0.25, 0.3) is 0 Å². The maximum atomic E-state index is 11.8. The fraction of sp³-hybridized carbons (Fsp3) is 0.750. The van der Waals surface area contributed by atoms with Gasteiger partial charge < -0.3 is 9.84 Å². The smallest absolute Gasteiger partial charge is 0.377 e. The van der Waals surface area contributed by atoms with Crippen molar-refractivity contribution in [3.8, 4) is 0 Å². The molecule has 0 heterocycles. The summed E-state index contributed by atoms with van der Waals surface area (Å²) in [7, 11) is 1.01. The third-order valence-electron chi connectivity index (χ3n) is 0.639. The lowest BCUT2D eigenvalue weighted by Gasteiger charge is -2.07. The topological polar surface area (TPSA) is 46.5 Å². The van der Waals surface area contributed by atoms with E-state index >= 15 is 0 Å². The number of rotatable bonds is 3. The molecule has 0 aromatic carbocycles. The van der Waals surface area contributed by atoms with Gasteiger partial charge in [-0.2, -0.15) is 8.78 Å². The predicted molar refractivity (Wildman–Crippen MR) is 24.5 cm³/mol. The Balaban J connectivity index is 3.85. The van der Waals surface area contributed by atoms with Gasteiger partial charge in [-0.1, -0.05) is 0 Å². The number of alkyl halides is 2. The lowest BCUT2D eigenvalue weighted by Crippen LogP contribution is -2.33. The van der Waals surface area contributed by atoms with Gasteiger partial charge in [-0.3, -0.25) is 0 Å². The summed E-state index contributed by atoms with van der Waals surface area (Å²) < 4.78 is 27.6. The van der Waals surface area contributed by atoms with E-state index in [1.165, 1.54) is 0 Å². The molecule has 0 radical (unpaired) electrons. The van der Waals surface area contributed by atoms with E-state index in [4.69, 9.17) is 5.11 Å². The lowest BCUT2D eigenvalue weighted by molar-refractivity contribution is -0.171. The molecule has 3 nitrogen and oxygen atoms in total. The molecular weight excluding hydrogens is 134 g/mol. The number of carboxylic acids is 1. The quantitative estimate of drug-likeness (QED) is 0.615. The molecule has 54 valence electrons. The molecule has 5 heteroatoms. The van der Waals surface area contributed by atoms with E-state index in [-0.39, 0.29) is 0 Å². The summed E-state index contributed by atoms with van der Waals surface area (Å²) in [6, 6.07) is 0. The van der Waals surface area contributed by atoms with Crippen LogP contribution in [0.3, 0.4) is 0 Å². The molecule has 0 rings (SSSR count). The first-order valence-electron chi connectivity index (χ1n) is 2.11. The lowest BCUT2D eigenvalue weighted by atomic mass is 10.4. The summed E-state index contributed by atoms with van der Waals surface area (Å²) in [4.78, 5) is 9.58. The molecule has 0 aliphatic rings. The predicted octanol–water partition coefficient (Wildman–Crippen LogP) is 0.353. The maximum absolute atomic E-state index is 11.8. The van der Waals surface area contributed by atoms with Crippen LogP contribution in [0.5, 0.6) is 0 Å². The highest BCUT2D eigenvalue weighted by Crippen LogP contribution is 2.12. The Morgan fingerprint density at radius 3 is 2.33 bits per heavy atom. The van der Waals surface area contributed by atoms with Crippen molar-refractivity contribution in [3.05, 3.63) is 0 Å². The normalized spacial score (nSPS) is 11.4. The van der Waals surface area contributed by atoms with Crippen LogP contribution in [0.2, 0.25) is 0 Å². The van der Waals surface area contributed by atoms with Crippen molar-refractivity contribution in [1.29, 1.82) is 0 Å². The molecule has 0 fully saturated rings. The van der Waals surface area contributed by atoms with E-state index < -0.39 is 18.5 Å². The fourth-order valence-corrected chi connectivity index (χ4v) is 0.243. The zero-order valence-corrected chi connectivity index (χ0v) is 4.73. The number of ether oxygens (including phenoxy) is 1. The van der Waals surface area contributed by atoms with Crippen molar-refractivity contribution in [2.75, 3.05) is 13.7 Å². The molecule has 0 spiro atoms. The Morgan fingerprint density at radius 1 is 1.78 bits per heavy atom. The van der Waals surface area contributed by atoms with Crippen molar-refractivity contribution in [2.24, 2.45) is 0 Å². The van der Waals surface area contributed by atoms with Crippen molar-refractivity contribution in [2.45, 2.75) is 5.92 Å². The van der Waals surface area contributed by atoms with Gasteiger partial charge in [0.1, 0.15) is 6.61 Å². The van der Waals surface area contributed by atoms with Crippen LogP contribution in [-0.4, -0.2) is 30.7 Å². The largest absolute Gasteiger partial charge is 0.477 e. The van der Waals surface area contributed by atoms with Gasteiger partial charge in [0, 0.05) is 7.11 Å². The van der Waals surface area contributed by atoms with Gasteiger partial charge in [-0.15, -0.1) is 0 Å². The molecule has 0 amide bonds. The molecule has 0 aliphatic carbocycles. The van der Waals surface area contributed by atoms with Gasteiger partial charge >= 0.3 is 11.9 Å². The molecule has 0 saturated carbocycles. The Hall–Kier alpha value is -0.710. The summed E-state index contributed by atoms with van der Waals surface area (Å²) in [5.41, 5.74) is 0. The minimum atomic E-state index is -3.76. The second-order valence-electron chi connectivity index (χ2n) is 1.44. The average molecular weight is 140 g/mol. The molecule has 0 aromatic rings. The first-order chi connectivity index (χ1) is 4.00. The van der Waals surface area contributed by atoms with E-state index in [1.54, 1.807) is 0 Å². The number of hydrogen-bond donors (Lipinski definition) is 1. The number of carboxylic acid groups (broad SMARTS) is 1. The van der Waals surface area contributed by atoms with Crippen LogP contribution in [0.4, 0.5) is 8.78 Å². The summed E-state index contributed by atoms with van der Waals surface area (Å²) in [5, 5.41) is 7.74. The molecule has 0 aromatic heterocycles.